The fraction of sp³-hybridized carbons (Fsp3) is 0.222. The van der Waals surface area contributed by atoms with Crippen LogP contribution in [0.5, 0.6) is 11.6 Å². The summed E-state index contributed by atoms with van der Waals surface area (Å²) in [5.41, 5.74) is 8.38. The van der Waals surface area contributed by atoms with Gasteiger partial charge in [-0.2, -0.15) is 5.26 Å². The van der Waals surface area contributed by atoms with Crippen LogP contribution >= 0.6 is 0 Å². The van der Waals surface area contributed by atoms with Gasteiger partial charge in [0.05, 0.1) is 28.9 Å². The zero-order valence-corrected chi connectivity index (χ0v) is 20.0. The molecule has 0 aliphatic carbocycles. The van der Waals surface area contributed by atoms with Crippen LogP contribution in [-0.2, 0) is 4.79 Å². The standard InChI is InChI=1S/C27H22FN7O2/c1-2-5-24(36)34-13-4-3-6-20(34)25-21-10-12-32-27(30)35(21)26(33-25)18-7-8-22(19(28)15-18)37-23-14-17(16-29)9-11-31-23/h7-12,14-15,20H,3-4,6,13H2,1H3,(H2,30,32). The Kier molecular flexibility index (Phi) is 6.40. The van der Waals surface area contributed by atoms with Crippen LogP contribution in [0.2, 0.25) is 0 Å². The molecule has 0 saturated carbocycles. The van der Waals surface area contributed by atoms with E-state index in [1.807, 2.05) is 6.07 Å². The summed E-state index contributed by atoms with van der Waals surface area (Å²) >= 11 is 0. The summed E-state index contributed by atoms with van der Waals surface area (Å²) in [6, 6.07) is 10.9. The van der Waals surface area contributed by atoms with Gasteiger partial charge in [-0.1, -0.05) is 5.92 Å². The number of nitrogens with two attached hydrogens (primary N) is 1. The number of carbonyl (C=O) groups is 1. The van der Waals surface area contributed by atoms with Crippen molar-refractivity contribution in [2.45, 2.75) is 32.2 Å². The van der Waals surface area contributed by atoms with E-state index in [9.17, 15) is 4.79 Å². The summed E-state index contributed by atoms with van der Waals surface area (Å²) in [7, 11) is 0. The van der Waals surface area contributed by atoms with Gasteiger partial charge in [-0.05, 0) is 62.4 Å². The molecule has 5 rings (SSSR count). The number of halogens is 1. The Morgan fingerprint density at radius 2 is 2.03 bits per heavy atom. The van der Waals surface area contributed by atoms with E-state index in [0.717, 1.165) is 19.3 Å². The predicted octanol–water partition coefficient (Wildman–Crippen LogP) is 4.25. The molecule has 1 aliphatic rings. The normalized spacial score (nSPS) is 15.1. The largest absolute Gasteiger partial charge is 0.436 e. The van der Waals surface area contributed by atoms with Crippen molar-refractivity contribution < 1.29 is 13.9 Å². The number of hydrogen-bond donors (Lipinski definition) is 1. The van der Waals surface area contributed by atoms with Crippen LogP contribution in [-0.4, -0.2) is 36.7 Å². The van der Waals surface area contributed by atoms with Gasteiger partial charge in [0.25, 0.3) is 5.91 Å². The lowest BCUT2D eigenvalue weighted by molar-refractivity contribution is -0.128. The highest BCUT2D eigenvalue weighted by molar-refractivity contribution is 5.94. The highest BCUT2D eigenvalue weighted by Gasteiger charge is 2.32. The van der Waals surface area contributed by atoms with Crippen molar-refractivity contribution in [3.63, 3.8) is 0 Å². The highest BCUT2D eigenvalue weighted by atomic mass is 19.1. The van der Waals surface area contributed by atoms with Gasteiger partial charge >= 0.3 is 0 Å². The number of aromatic nitrogens is 4. The molecule has 1 unspecified atom stereocenters. The minimum atomic E-state index is -0.643. The topological polar surface area (TPSA) is 122 Å². The van der Waals surface area contributed by atoms with Crippen molar-refractivity contribution in [3.8, 4) is 40.9 Å². The van der Waals surface area contributed by atoms with Crippen LogP contribution in [0.1, 0.15) is 43.5 Å². The number of benzene rings is 1. The van der Waals surface area contributed by atoms with E-state index >= 15 is 4.39 Å². The van der Waals surface area contributed by atoms with Gasteiger partial charge in [0.2, 0.25) is 11.8 Å². The second-order valence-electron chi connectivity index (χ2n) is 8.47. The Morgan fingerprint density at radius 1 is 1.19 bits per heavy atom. The number of piperidine rings is 1. The van der Waals surface area contributed by atoms with E-state index in [1.165, 1.54) is 30.5 Å². The van der Waals surface area contributed by atoms with Gasteiger partial charge in [0.1, 0.15) is 5.82 Å². The lowest BCUT2D eigenvalue weighted by Gasteiger charge is -2.33. The number of pyridine rings is 1. The molecule has 1 saturated heterocycles. The molecule has 0 radical (unpaired) electrons. The Labute approximate surface area is 212 Å². The van der Waals surface area contributed by atoms with E-state index in [-0.39, 0.29) is 29.5 Å². The summed E-state index contributed by atoms with van der Waals surface area (Å²) in [5.74, 6) is 5.04. The molecule has 1 atom stereocenters. The fourth-order valence-electron chi connectivity index (χ4n) is 4.53. The number of rotatable bonds is 4. The van der Waals surface area contributed by atoms with Crippen molar-refractivity contribution >= 4 is 17.4 Å². The molecular weight excluding hydrogens is 473 g/mol. The fourth-order valence-corrected chi connectivity index (χ4v) is 4.53. The monoisotopic (exact) mass is 495 g/mol. The van der Waals surface area contributed by atoms with Crippen LogP contribution in [0.25, 0.3) is 16.9 Å². The number of anilines is 1. The first-order valence-corrected chi connectivity index (χ1v) is 11.7. The SMILES string of the molecule is CC#CC(=O)N1CCCCC1c1nc(-c2ccc(Oc3cc(C#N)ccn3)c(F)c2)n2c(N)nccc12. The Hall–Kier alpha value is -4.96. The highest BCUT2D eigenvalue weighted by Crippen LogP contribution is 2.37. The summed E-state index contributed by atoms with van der Waals surface area (Å²) < 4.78 is 22.4. The van der Waals surface area contributed by atoms with E-state index < -0.39 is 5.82 Å². The molecule has 4 aromatic rings. The second-order valence-corrected chi connectivity index (χ2v) is 8.47. The third kappa shape index (κ3) is 4.53. The van der Waals surface area contributed by atoms with Crippen LogP contribution in [0.4, 0.5) is 10.3 Å². The Bertz CT molecular complexity index is 1610. The number of ether oxygens (including phenoxy) is 1. The lowest BCUT2D eigenvalue weighted by Crippen LogP contribution is -2.38. The molecule has 1 aliphatic heterocycles. The molecule has 1 fully saturated rings. The lowest BCUT2D eigenvalue weighted by atomic mass is 9.98. The molecular formula is C27H22FN7O2. The van der Waals surface area contributed by atoms with Crippen LogP contribution in [0.3, 0.4) is 0 Å². The van der Waals surface area contributed by atoms with Gasteiger partial charge in [-0.25, -0.2) is 19.3 Å². The molecule has 184 valence electrons. The predicted molar refractivity (Wildman–Crippen MR) is 134 cm³/mol. The van der Waals surface area contributed by atoms with Crippen molar-refractivity contribution in [2.75, 3.05) is 12.3 Å². The summed E-state index contributed by atoms with van der Waals surface area (Å²) in [5, 5.41) is 9.06. The molecule has 1 aromatic carbocycles. The van der Waals surface area contributed by atoms with Crippen molar-refractivity contribution in [2.24, 2.45) is 0 Å². The van der Waals surface area contributed by atoms with Gasteiger partial charge in [-0.15, -0.1) is 0 Å². The number of nitrogens with zero attached hydrogens (tertiary/aromatic N) is 6. The number of likely N-dealkylation sites (tertiary alicyclic amines) is 1. The quantitative estimate of drug-likeness (QED) is 0.420. The summed E-state index contributed by atoms with van der Waals surface area (Å²) in [6.07, 6.45) is 5.54. The van der Waals surface area contributed by atoms with Gasteiger partial charge < -0.3 is 15.4 Å². The number of carbonyl (C=O) groups excluding carboxylic acids is 1. The molecule has 0 spiro atoms. The first kappa shape index (κ1) is 23.8. The molecule has 0 bridgehead atoms. The average molecular weight is 496 g/mol. The molecule has 4 heterocycles. The van der Waals surface area contributed by atoms with Gasteiger partial charge in [-0.3, -0.25) is 9.20 Å². The van der Waals surface area contributed by atoms with E-state index in [2.05, 4.69) is 21.8 Å². The Balaban J connectivity index is 1.56. The molecule has 9 nitrogen and oxygen atoms in total. The van der Waals surface area contributed by atoms with Crippen molar-refractivity contribution in [1.82, 2.24) is 24.3 Å². The minimum absolute atomic E-state index is 0.0549. The average Bonchev–Trinajstić information content (AvgIpc) is 3.31. The minimum Gasteiger partial charge on any atom is -0.436 e. The molecule has 1 amide bonds. The maximum absolute atomic E-state index is 15.1. The maximum atomic E-state index is 15.1. The van der Waals surface area contributed by atoms with E-state index in [1.54, 1.807) is 34.6 Å². The zero-order valence-electron chi connectivity index (χ0n) is 20.0. The number of amides is 1. The third-order valence-corrected chi connectivity index (χ3v) is 6.19. The number of hydrogen-bond acceptors (Lipinski definition) is 7. The second kappa shape index (κ2) is 9.96. The molecule has 37 heavy (non-hydrogen) atoms. The van der Waals surface area contributed by atoms with Crippen LogP contribution in [0, 0.1) is 29.0 Å². The maximum Gasteiger partial charge on any atom is 0.299 e. The smallest absolute Gasteiger partial charge is 0.299 e. The molecule has 3 aromatic heterocycles. The van der Waals surface area contributed by atoms with Crippen LogP contribution < -0.4 is 10.5 Å². The Morgan fingerprint density at radius 3 is 2.81 bits per heavy atom. The van der Waals surface area contributed by atoms with Gasteiger partial charge in [0, 0.05) is 30.6 Å². The number of nitriles is 1. The van der Waals surface area contributed by atoms with Gasteiger partial charge in [0.15, 0.2) is 11.6 Å². The van der Waals surface area contributed by atoms with E-state index in [4.69, 9.17) is 20.7 Å². The van der Waals surface area contributed by atoms with E-state index in [0.29, 0.717) is 34.7 Å². The summed E-state index contributed by atoms with van der Waals surface area (Å²) in [4.78, 5) is 27.5. The molecule has 2 N–H and O–H groups in total. The van der Waals surface area contributed by atoms with Crippen molar-refractivity contribution in [3.05, 3.63) is 65.9 Å². The number of fused-ring (bicyclic) bond motifs is 1. The first-order valence-electron chi connectivity index (χ1n) is 11.7. The number of nitrogen functional groups attached to an aromatic ring is 1. The zero-order chi connectivity index (χ0) is 25.9. The molecule has 10 heteroatoms. The van der Waals surface area contributed by atoms with Crippen LogP contribution in [0.15, 0.2) is 48.8 Å². The third-order valence-electron chi connectivity index (χ3n) is 6.19. The van der Waals surface area contributed by atoms with Crippen molar-refractivity contribution in [1.29, 1.82) is 5.26 Å². The summed E-state index contributed by atoms with van der Waals surface area (Å²) in [6.45, 7) is 2.21. The first-order chi connectivity index (χ1) is 18.0. The number of imidazole rings is 1.